The van der Waals surface area contributed by atoms with Crippen LogP contribution >= 0.6 is 0 Å². The van der Waals surface area contributed by atoms with Crippen LogP contribution in [0.5, 0.6) is 5.75 Å². The number of alkyl halides is 2. The summed E-state index contributed by atoms with van der Waals surface area (Å²) in [6, 6.07) is 5.14. The molecule has 2 amide bonds. The van der Waals surface area contributed by atoms with Crippen LogP contribution in [-0.2, 0) is 6.54 Å². The van der Waals surface area contributed by atoms with E-state index in [9.17, 15) is 18.4 Å². The maximum atomic E-state index is 13.3. The molecule has 8 nitrogen and oxygen atoms in total. The van der Waals surface area contributed by atoms with Gasteiger partial charge in [-0.05, 0) is 67.9 Å². The molecule has 10 heteroatoms. The minimum Gasteiger partial charge on any atom is -0.434 e. The first kappa shape index (κ1) is 21.8. The second-order valence-electron chi connectivity index (χ2n) is 9.67. The second-order valence-corrected chi connectivity index (χ2v) is 9.67. The number of halogens is 2. The fourth-order valence-electron chi connectivity index (χ4n) is 4.92. The number of nitrogens with two attached hydrogens (primary N) is 1. The molecule has 2 aromatic heterocycles. The Balaban J connectivity index is 1.43. The first-order chi connectivity index (χ1) is 16.8. The molecule has 2 aliphatic carbocycles. The first-order valence-corrected chi connectivity index (χ1v) is 11.8. The first-order valence-electron chi connectivity index (χ1n) is 11.8. The Morgan fingerprint density at radius 3 is 2.71 bits per heavy atom. The topological polar surface area (TPSA) is 113 Å². The molecule has 0 radical (unpaired) electrons. The van der Waals surface area contributed by atoms with E-state index in [-0.39, 0.29) is 46.6 Å². The van der Waals surface area contributed by atoms with Crippen molar-refractivity contribution in [1.29, 1.82) is 0 Å². The van der Waals surface area contributed by atoms with E-state index in [1.807, 2.05) is 13.0 Å². The number of nitrogens with zero attached hydrogens (tertiary/aromatic N) is 2. The highest BCUT2D eigenvalue weighted by Gasteiger charge is 2.40. The van der Waals surface area contributed by atoms with E-state index >= 15 is 0 Å². The Morgan fingerprint density at radius 2 is 2.03 bits per heavy atom. The van der Waals surface area contributed by atoms with Crippen molar-refractivity contribution in [2.45, 2.75) is 57.8 Å². The van der Waals surface area contributed by atoms with E-state index in [2.05, 4.69) is 15.3 Å². The molecule has 1 atom stereocenters. The number of aromatic amines is 1. The van der Waals surface area contributed by atoms with Crippen LogP contribution in [-0.4, -0.2) is 45.4 Å². The summed E-state index contributed by atoms with van der Waals surface area (Å²) in [5.41, 5.74) is 8.82. The lowest BCUT2D eigenvalue weighted by molar-refractivity contribution is -0.0501. The number of anilines is 1. The highest BCUT2D eigenvalue weighted by atomic mass is 19.3. The van der Waals surface area contributed by atoms with Crippen LogP contribution < -0.4 is 15.8 Å². The summed E-state index contributed by atoms with van der Waals surface area (Å²) in [5.74, 6) is -0.174. The molecule has 0 bridgehead atoms. The lowest BCUT2D eigenvalue weighted by Gasteiger charge is -2.24. The number of hydrogen-bond acceptors (Lipinski definition) is 5. The van der Waals surface area contributed by atoms with E-state index in [4.69, 9.17) is 10.5 Å². The van der Waals surface area contributed by atoms with Gasteiger partial charge in [0.15, 0.2) is 0 Å². The van der Waals surface area contributed by atoms with Crippen molar-refractivity contribution in [2.24, 2.45) is 5.92 Å². The smallest absolute Gasteiger partial charge is 0.387 e. The Bertz CT molecular complexity index is 1360. The molecule has 3 aromatic rings. The SMILES string of the molecule is C[C@@H](C1CC1)N1Cc2cc(-c3c[nH]c4nc(N)c(C(=O)NC5CC5)cc34)cc(OC(F)F)c2C1=O. The van der Waals surface area contributed by atoms with Crippen LogP contribution in [0.15, 0.2) is 24.4 Å². The average Bonchev–Trinajstić information content (AvgIpc) is 3.73. The van der Waals surface area contributed by atoms with Gasteiger partial charge in [0.05, 0.1) is 11.1 Å². The van der Waals surface area contributed by atoms with Gasteiger partial charge >= 0.3 is 6.61 Å². The third-order valence-electron chi connectivity index (χ3n) is 7.17. The summed E-state index contributed by atoms with van der Waals surface area (Å²) < 4.78 is 31.4. The van der Waals surface area contributed by atoms with Crippen LogP contribution in [0.25, 0.3) is 22.2 Å². The van der Waals surface area contributed by atoms with Gasteiger partial charge in [-0.2, -0.15) is 8.78 Å². The zero-order chi connectivity index (χ0) is 24.4. The van der Waals surface area contributed by atoms with Crippen molar-refractivity contribution in [3.8, 4) is 16.9 Å². The Hall–Kier alpha value is -3.69. The van der Waals surface area contributed by atoms with Gasteiger partial charge in [-0.25, -0.2) is 4.98 Å². The van der Waals surface area contributed by atoms with Gasteiger partial charge in [0.25, 0.3) is 11.8 Å². The van der Waals surface area contributed by atoms with Crippen molar-refractivity contribution in [2.75, 3.05) is 5.73 Å². The molecule has 6 rings (SSSR count). The molecule has 3 heterocycles. The Labute approximate surface area is 199 Å². The molecule has 2 fully saturated rings. The molecule has 0 saturated heterocycles. The van der Waals surface area contributed by atoms with Crippen molar-refractivity contribution < 1.29 is 23.1 Å². The number of carbonyl (C=O) groups is 2. The molecule has 0 spiro atoms. The monoisotopic (exact) mass is 481 g/mol. The Morgan fingerprint density at radius 1 is 1.26 bits per heavy atom. The van der Waals surface area contributed by atoms with Gasteiger partial charge in [-0.1, -0.05) is 0 Å². The molecular formula is C25H25F2N5O3. The summed E-state index contributed by atoms with van der Waals surface area (Å²) in [4.78, 5) is 34.9. The van der Waals surface area contributed by atoms with Crippen LogP contribution in [0, 0.1) is 5.92 Å². The van der Waals surface area contributed by atoms with Crippen LogP contribution in [0.4, 0.5) is 14.6 Å². The third-order valence-corrected chi connectivity index (χ3v) is 7.17. The summed E-state index contributed by atoms with van der Waals surface area (Å²) in [7, 11) is 0. The average molecular weight is 482 g/mol. The number of amides is 2. The standard InChI is InChI=1S/C25H25F2N5O3/c1-11(12-2-3-12)32-10-14-6-13(7-19(35-25(26)27)20(14)24(32)34)18-9-29-22-16(18)8-17(21(28)31-22)23(33)30-15-4-5-15/h6-9,11-12,15,25H,2-5,10H2,1H3,(H,30,33)(H3,28,29,31)/t11-/m0/s1. The van der Waals surface area contributed by atoms with Gasteiger partial charge in [0.2, 0.25) is 0 Å². The number of hydrogen-bond donors (Lipinski definition) is 3. The number of rotatable bonds is 7. The van der Waals surface area contributed by atoms with Crippen molar-refractivity contribution in [3.63, 3.8) is 0 Å². The second kappa shape index (κ2) is 7.93. The lowest BCUT2D eigenvalue weighted by atomic mass is 9.99. The Kier molecular flexibility index (Phi) is 4.94. The predicted octanol–water partition coefficient (Wildman–Crippen LogP) is 4.06. The minimum absolute atomic E-state index is 0.0329. The number of nitrogens with one attached hydrogen (secondary N) is 2. The van der Waals surface area contributed by atoms with Crippen LogP contribution in [0.2, 0.25) is 0 Å². The molecule has 2 saturated carbocycles. The van der Waals surface area contributed by atoms with Gasteiger partial charge in [0.1, 0.15) is 17.2 Å². The van der Waals surface area contributed by atoms with Gasteiger partial charge < -0.3 is 25.7 Å². The van der Waals surface area contributed by atoms with Gasteiger partial charge in [-0.15, -0.1) is 0 Å². The molecule has 182 valence electrons. The number of benzene rings is 1. The normalized spacial score (nSPS) is 18.3. The molecule has 1 aromatic carbocycles. The highest BCUT2D eigenvalue weighted by Crippen LogP contribution is 2.43. The fraction of sp³-hybridized carbons (Fsp3) is 0.400. The summed E-state index contributed by atoms with van der Waals surface area (Å²) in [6.45, 7) is -0.735. The number of fused-ring (bicyclic) bond motifs is 2. The third kappa shape index (κ3) is 3.86. The molecule has 4 N–H and O–H groups in total. The number of ether oxygens (including phenoxy) is 1. The van der Waals surface area contributed by atoms with E-state index in [1.165, 1.54) is 6.07 Å². The molecule has 0 unspecified atom stereocenters. The van der Waals surface area contributed by atoms with Gasteiger partial charge in [0, 0.05) is 35.8 Å². The lowest BCUT2D eigenvalue weighted by Crippen LogP contribution is -2.34. The van der Waals surface area contributed by atoms with E-state index in [0.29, 0.717) is 40.2 Å². The number of nitrogen functional groups attached to an aromatic ring is 1. The largest absolute Gasteiger partial charge is 0.434 e. The molecular weight excluding hydrogens is 456 g/mol. The van der Waals surface area contributed by atoms with Crippen LogP contribution in [0.1, 0.15) is 58.9 Å². The van der Waals surface area contributed by atoms with Crippen molar-refractivity contribution in [1.82, 2.24) is 20.2 Å². The van der Waals surface area contributed by atoms with E-state index < -0.39 is 6.61 Å². The minimum atomic E-state index is -3.07. The number of pyridine rings is 1. The maximum absolute atomic E-state index is 13.3. The quantitative estimate of drug-likeness (QED) is 0.471. The van der Waals surface area contributed by atoms with E-state index in [1.54, 1.807) is 17.2 Å². The van der Waals surface area contributed by atoms with E-state index in [0.717, 1.165) is 25.7 Å². The predicted molar refractivity (Wildman–Crippen MR) is 125 cm³/mol. The number of H-pyrrole nitrogens is 1. The zero-order valence-corrected chi connectivity index (χ0v) is 19.1. The molecule has 3 aliphatic rings. The number of carbonyl (C=O) groups excluding carboxylic acids is 2. The fourth-order valence-corrected chi connectivity index (χ4v) is 4.92. The van der Waals surface area contributed by atoms with Crippen molar-refractivity contribution in [3.05, 3.63) is 41.1 Å². The number of aromatic nitrogens is 2. The van der Waals surface area contributed by atoms with Gasteiger partial charge in [-0.3, -0.25) is 9.59 Å². The van der Waals surface area contributed by atoms with Crippen LogP contribution in [0.3, 0.4) is 0 Å². The highest BCUT2D eigenvalue weighted by molar-refractivity contribution is 6.06. The molecule has 1 aliphatic heterocycles. The maximum Gasteiger partial charge on any atom is 0.387 e. The van der Waals surface area contributed by atoms with Crippen molar-refractivity contribution >= 4 is 28.7 Å². The summed E-state index contributed by atoms with van der Waals surface area (Å²) in [5, 5.41) is 3.53. The summed E-state index contributed by atoms with van der Waals surface area (Å²) >= 11 is 0. The zero-order valence-electron chi connectivity index (χ0n) is 19.1. The summed E-state index contributed by atoms with van der Waals surface area (Å²) in [6.07, 6.45) is 5.70. The molecule has 35 heavy (non-hydrogen) atoms.